The quantitative estimate of drug-likeness (QED) is 0.851. The van der Waals surface area contributed by atoms with Gasteiger partial charge in [0.1, 0.15) is 5.75 Å². The van der Waals surface area contributed by atoms with Crippen LogP contribution in [0.5, 0.6) is 5.75 Å². The van der Waals surface area contributed by atoms with Crippen molar-refractivity contribution in [3.63, 3.8) is 0 Å². The van der Waals surface area contributed by atoms with Gasteiger partial charge in [-0.25, -0.2) is 0 Å². The van der Waals surface area contributed by atoms with E-state index in [4.69, 9.17) is 4.74 Å². The van der Waals surface area contributed by atoms with Crippen molar-refractivity contribution in [2.24, 2.45) is 5.92 Å². The summed E-state index contributed by atoms with van der Waals surface area (Å²) in [7, 11) is 1.61. The Morgan fingerprint density at radius 2 is 1.70 bits per heavy atom. The van der Waals surface area contributed by atoms with Crippen LogP contribution < -0.4 is 10.1 Å². The summed E-state index contributed by atoms with van der Waals surface area (Å²) in [4.78, 5) is 26.8. The van der Waals surface area contributed by atoms with Crippen LogP contribution >= 0.6 is 0 Å². The third-order valence-corrected chi connectivity index (χ3v) is 5.05. The molecule has 27 heavy (non-hydrogen) atoms. The first-order valence-electron chi connectivity index (χ1n) is 9.42. The van der Waals surface area contributed by atoms with Crippen LogP contribution in [0.3, 0.4) is 0 Å². The first-order chi connectivity index (χ1) is 13.2. The number of amides is 2. The van der Waals surface area contributed by atoms with Crippen molar-refractivity contribution in [3.05, 3.63) is 60.2 Å². The zero-order valence-corrected chi connectivity index (χ0v) is 15.7. The summed E-state index contributed by atoms with van der Waals surface area (Å²) >= 11 is 0. The second-order valence-electron chi connectivity index (χ2n) is 6.86. The highest BCUT2D eigenvalue weighted by molar-refractivity contribution is 5.92. The van der Waals surface area contributed by atoms with Crippen LogP contribution in [-0.4, -0.2) is 36.9 Å². The standard InChI is InChI=1S/C22H26N2O3/c1-27-20-10-8-19(9-11-20)23-22(26)18-13-15-24(16-14-18)21(25)12-7-17-5-3-2-4-6-17/h2-6,8-11,18H,7,12-16H2,1H3,(H,23,26). The number of nitrogens with zero attached hydrogens (tertiary/aromatic N) is 1. The number of carbonyl (C=O) groups is 2. The minimum absolute atomic E-state index is 0.0246. The Balaban J connectivity index is 1.43. The number of hydrogen-bond acceptors (Lipinski definition) is 3. The van der Waals surface area contributed by atoms with Gasteiger partial charge in [0.2, 0.25) is 11.8 Å². The molecule has 2 aromatic rings. The fourth-order valence-electron chi connectivity index (χ4n) is 3.36. The van der Waals surface area contributed by atoms with Crippen LogP contribution in [0.1, 0.15) is 24.8 Å². The lowest BCUT2D eigenvalue weighted by Gasteiger charge is -2.31. The van der Waals surface area contributed by atoms with E-state index in [1.54, 1.807) is 7.11 Å². The van der Waals surface area contributed by atoms with Gasteiger partial charge in [0.25, 0.3) is 0 Å². The summed E-state index contributed by atoms with van der Waals surface area (Å²) in [6, 6.07) is 17.4. The monoisotopic (exact) mass is 366 g/mol. The van der Waals surface area contributed by atoms with Crippen LogP contribution in [0.15, 0.2) is 54.6 Å². The molecule has 2 aromatic carbocycles. The van der Waals surface area contributed by atoms with Gasteiger partial charge in [0.05, 0.1) is 7.11 Å². The number of anilines is 1. The molecule has 0 spiro atoms. The number of hydrogen-bond donors (Lipinski definition) is 1. The van der Waals surface area contributed by atoms with Crippen LogP contribution in [0.2, 0.25) is 0 Å². The molecule has 5 heteroatoms. The first-order valence-corrected chi connectivity index (χ1v) is 9.42. The molecule has 0 aromatic heterocycles. The molecule has 0 radical (unpaired) electrons. The maximum absolute atomic E-state index is 12.5. The number of aryl methyl sites for hydroxylation is 1. The number of rotatable bonds is 6. The molecule has 1 aliphatic rings. The van der Waals surface area contributed by atoms with Crippen LogP contribution in [0, 0.1) is 5.92 Å². The number of likely N-dealkylation sites (tertiary alicyclic amines) is 1. The average Bonchev–Trinajstić information content (AvgIpc) is 2.73. The summed E-state index contributed by atoms with van der Waals surface area (Å²) in [6.07, 6.45) is 2.70. The summed E-state index contributed by atoms with van der Waals surface area (Å²) in [5, 5.41) is 2.96. The van der Waals surface area contributed by atoms with Gasteiger partial charge in [0, 0.05) is 31.1 Å². The topological polar surface area (TPSA) is 58.6 Å². The Hall–Kier alpha value is -2.82. The Bertz CT molecular complexity index is 751. The van der Waals surface area contributed by atoms with Crippen LogP contribution in [0.4, 0.5) is 5.69 Å². The molecule has 1 fully saturated rings. The Morgan fingerprint density at radius 1 is 1.04 bits per heavy atom. The predicted molar refractivity (Wildman–Crippen MR) is 106 cm³/mol. The fraction of sp³-hybridized carbons (Fsp3) is 0.364. The summed E-state index contributed by atoms with van der Waals surface area (Å²) in [5.41, 5.74) is 1.95. The third kappa shape index (κ3) is 5.33. The summed E-state index contributed by atoms with van der Waals surface area (Å²) in [5.74, 6) is 0.907. The number of nitrogens with one attached hydrogen (secondary N) is 1. The van der Waals surface area contributed by atoms with Gasteiger partial charge in [0.15, 0.2) is 0 Å². The lowest BCUT2D eigenvalue weighted by Crippen LogP contribution is -2.41. The smallest absolute Gasteiger partial charge is 0.227 e. The molecule has 3 rings (SSSR count). The fourth-order valence-corrected chi connectivity index (χ4v) is 3.36. The average molecular weight is 366 g/mol. The molecule has 0 atom stereocenters. The maximum Gasteiger partial charge on any atom is 0.227 e. The molecule has 5 nitrogen and oxygen atoms in total. The maximum atomic E-state index is 12.5. The molecule has 1 heterocycles. The summed E-state index contributed by atoms with van der Waals surface area (Å²) < 4.78 is 5.12. The highest BCUT2D eigenvalue weighted by Crippen LogP contribution is 2.21. The van der Waals surface area contributed by atoms with E-state index in [0.29, 0.717) is 32.4 Å². The number of carbonyl (C=O) groups excluding carboxylic acids is 2. The van der Waals surface area contributed by atoms with Crippen molar-refractivity contribution < 1.29 is 14.3 Å². The summed E-state index contributed by atoms with van der Waals surface area (Å²) in [6.45, 7) is 1.29. The van der Waals surface area contributed by atoms with Gasteiger partial charge in [-0.15, -0.1) is 0 Å². The van der Waals surface area contributed by atoms with E-state index in [1.165, 1.54) is 5.56 Å². The zero-order chi connectivity index (χ0) is 19.1. The molecule has 142 valence electrons. The highest BCUT2D eigenvalue weighted by atomic mass is 16.5. The second kappa shape index (κ2) is 9.21. The van der Waals surface area contributed by atoms with E-state index in [1.807, 2.05) is 59.5 Å². The number of benzene rings is 2. The highest BCUT2D eigenvalue weighted by Gasteiger charge is 2.27. The SMILES string of the molecule is COc1ccc(NC(=O)C2CCN(C(=O)CCc3ccccc3)CC2)cc1. The van der Waals surface area contributed by atoms with Gasteiger partial charge >= 0.3 is 0 Å². The Morgan fingerprint density at radius 3 is 2.33 bits per heavy atom. The minimum atomic E-state index is -0.0507. The van der Waals surface area contributed by atoms with Crippen LogP contribution in [-0.2, 0) is 16.0 Å². The van der Waals surface area contributed by atoms with Crippen molar-refractivity contribution in [2.45, 2.75) is 25.7 Å². The predicted octanol–water partition coefficient (Wildman–Crippen LogP) is 3.51. The molecule has 1 saturated heterocycles. The molecule has 0 saturated carbocycles. The molecule has 0 bridgehead atoms. The largest absolute Gasteiger partial charge is 0.497 e. The van der Waals surface area contributed by atoms with E-state index in [0.717, 1.165) is 17.9 Å². The lowest BCUT2D eigenvalue weighted by molar-refractivity contribution is -0.134. The molecule has 1 aliphatic heterocycles. The number of methoxy groups -OCH3 is 1. The Labute approximate surface area is 160 Å². The van der Waals surface area contributed by atoms with E-state index in [2.05, 4.69) is 5.32 Å². The third-order valence-electron chi connectivity index (χ3n) is 5.05. The van der Waals surface area contributed by atoms with Gasteiger partial charge < -0.3 is 15.0 Å². The zero-order valence-electron chi connectivity index (χ0n) is 15.7. The normalized spacial score (nSPS) is 14.6. The van der Waals surface area contributed by atoms with Crippen LogP contribution in [0.25, 0.3) is 0 Å². The minimum Gasteiger partial charge on any atom is -0.497 e. The van der Waals surface area contributed by atoms with Crippen molar-refractivity contribution in [2.75, 3.05) is 25.5 Å². The molecule has 0 aliphatic carbocycles. The lowest BCUT2D eigenvalue weighted by atomic mass is 9.95. The van der Waals surface area contributed by atoms with Crippen molar-refractivity contribution in [1.29, 1.82) is 0 Å². The Kier molecular flexibility index (Phi) is 6.47. The van der Waals surface area contributed by atoms with E-state index in [9.17, 15) is 9.59 Å². The van der Waals surface area contributed by atoms with E-state index >= 15 is 0 Å². The van der Waals surface area contributed by atoms with Crippen molar-refractivity contribution in [3.8, 4) is 5.75 Å². The number of piperidine rings is 1. The van der Waals surface area contributed by atoms with Gasteiger partial charge in [-0.05, 0) is 49.1 Å². The number of ether oxygens (including phenoxy) is 1. The van der Waals surface area contributed by atoms with E-state index < -0.39 is 0 Å². The second-order valence-corrected chi connectivity index (χ2v) is 6.86. The molecule has 0 unspecified atom stereocenters. The first kappa shape index (κ1) is 19.0. The molecular weight excluding hydrogens is 340 g/mol. The molecule has 1 N–H and O–H groups in total. The molecular formula is C22H26N2O3. The van der Waals surface area contributed by atoms with Gasteiger partial charge in [-0.3, -0.25) is 9.59 Å². The van der Waals surface area contributed by atoms with Gasteiger partial charge in [-0.2, -0.15) is 0 Å². The van der Waals surface area contributed by atoms with E-state index in [-0.39, 0.29) is 17.7 Å². The van der Waals surface area contributed by atoms with Crippen molar-refractivity contribution >= 4 is 17.5 Å². The van der Waals surface area contributed by atoms with Gasteiger partial charge in [-0.1, -0.05) is 30.3 Å². The molecule has 2 amide bonds. The van der Waals surface area contributed by atoms with Crippen molar-refractivity contribution in [1.82, 2.24) is 4.90 Å².